The highest BCUT2D eigenvalue weighted by molar-refractivity contribution is 6.14. The first kappa shape index (κ1) is 8.81. The molecule has 0 bridgehead atoms. The fraction of sp³-hybridized carbons (Fsp3) is 0.0769. The molecule has 0 aliphatic carbocycles. The second-order valence-corrected chi connectivity index (χ2v) is 4.16. The zero-order valence-corrected chi connectivity index (χ0v) is 8.91. The van der Waals surface area contributed by atoms with E-state index in [0.29, 0.717) is 0 Å². The quantitative estimate of drug-likeness (QED) is 0.605. The van der Waals surface area contributed by atoms with Crippen LogP contribution in [0.2, 0.25) is 0 Å². The van der Waals surface area contributed by atoms with Gasteiger partial charge in [0.15, 0.2) is 0 Å². The summed E-state index contributed by atoms with van der Waals surface area (Å²) in [5.74, 6) is 0. The van der Waals surface area contributed by atoms with Crippen molar-refractivity contribution in [3.05, 3.63) is 53.7 Å². The van der Waals surface area contributed by atoms with Crippen molar-refractivity contribution in [1.29, 1.82) is 0 Å². The van der Waals surface area contributed by atoms with Gasteiger partial charge in [-0.25, -0.2) is 0 Å². The van der Waals surface area contributed by atoms with Gasteiger partial charge in [-0.1, -0.05) is 36.4 Å². The third-order valence-corrected chi connectivity index (χ3v) is 3.03. The molecule has 0 aromatic heterocycles. The summed E-state index contributed by atoms with van der Waals surface area (Å²) >= 11 is 5.99. The van der Waals surface area contributed by atoms with E-state index in [0.717, 1.165) is 6.54 Å². The van der Waals surface area contributed by atoms with E-state index in [9.17, 15) is 0 Å². The molecule has 2 heteroatoms. The van der Waals surface area contributed by atoms with Crippen molar-refractivity contribution in [1.82, 2.24) is 4.42 Å². The Morgan fingerprint density at radius 2 is 1.93 bits per heavy atom. The van der Waals surface area contributed by atoms with Crippen molar-refractivity contribution < 1.29 is 0 Å². The van der Waals surface area contributed by atoms with Gasteiger partial charge in [0.25, 0.3) is 0 Å². The van der Waals surface area contributed by atoms with Crippen molar-refractivity contribution in [3.63, 3.8) is 0 Å². The Kier molecular flexibility index (Phi) is 1.93. The minimum absolute atomic E-state index is 0.773. The van der Waals surface area contributed by atoms with Crippen LogP contribution in [0.1, 0.15) is 11.1 Å². The van der Waals surface area contributed by atoms with Gasteiger partial charge in [-0.15, -0.1) is 0 Å². The molecular weight excluding hydrogens is 206 g/mol. The SMILES string of the molecule is ClN1C=Cc2ccc3ccccc3c2C1. The van der Waals surface area contributed by atoms with Crippen LogP contribution in [0.25, 0.3) is 16.8 Å². The molecule has 1 nitrogen and oxygen atoms in total. The average Bonchev–Trinajstić information content (AvgIpc) is 2.29. The molecule has 3 rings (SSSR count). The van der Waals surface area contributed by atoms with E-state index in [2.05, 4.69) is 42.5 Å². The predicted molar refractivity (Wildman–Crippen MR) is 64.4 cm³/mol. The van der Waals surface area contributed by atoms with Crippen LogP contribution in [0.3, 0.4) is 0 Å². The van der Waals surface area contributed by atoms with E-state index in [-0.39, 0.29) is 0 Å². The predicted octanol–water partition coefficient (Wildman–Crippen LogP) is 3.78. The number of hydrogen-bond donors (Lipinski definition) is 0. The molecule has 2 aromatic carbocycles. The van der Waals surface area contributed by atoms with Crippen LogP contribution in [0.15, 0.2) is 42.6 Å². The zero-order chi connectivity index (χ0) is 10.3. The normalized spacial score (nSPS) is 14.3. The highest BCUT2D eigenvalue weighted by atomic mass is 35.5. The first-order valence-electron chi connectivity index (χ1n) is 4.96. The lowest BCUT2D eigenvalue weighted by Crippen LogP contribution is -2.09. The fourth-order valence-corrected chi connectivity index (χ4v) is 2.23. The van der Waals surface area contributed by atoms with E-state index in [1.807, 2.05) is 6.20 Å². The van der Waals surface area contributed by atoms with E-state index in [1.165, 1.54) is 21.9 Å². The summed E-state index contributed by atoms with van der Waals surface area (Å²) < 4.78 is 1.69. The molecule has 74 valence electrons. The second-order valence-electron chi connectivity index (χ2n) is 3.73. The lowest BCUT2D eigenvalue weighted by molar-refractivity contribution is 0.598. The molecule has 1 heterocycles. The van der Waals surface area contributed by atoms with E-state index >= 15 is 0 Å². The number of benzene rings is 2. The van der Waals surface area contributed by atoms with Crippen LogP contribution >= 0.6 is 11.8 Å². The summed E-state index contributed by atoms with van der Waals surface area (Å²) in [4.78, 5) is 0. The van der Waals surface area contributed by atoms with Crippen molar-refractivity contribution in [2.75, 3.05) is 0 Å². The molecule has 0 N–H and O–H groups in total. The molecule has 0 amide bonds. The van der Waals surface area contributed by atoms with Crippen LogP contribution in [-0.4, -0.2) is 4.42 Å². The maximum atomic E-state index is 5.99. The second kappa shape index (κ2) is 3.28. The molecule has 0 atom stereocenters. The van der Waals surface area contributed by atoms with Gasteiger partial charge in [0.2, 0.25) is 0 Å². The lowest BCUT2D eigenvalue weighted by Gasteiger charge is -2.19. The van der Waals surface area contributed by atoms with Gasteiger partial charge in [-0.2, -0.15) is 0 Å². The number of fused-ring (bicyclic) bond motifs is 3. The van der Waals surface area contributed by atoms with Gasteiger partial charge in [0.1, 0.15) is 0 Å². The number of hydrogen-bond acceptors (Lipinski definition) is 1. The van der Waals surface area contributed by atoms with Gasteiger partial charge >= 0.3 is 0 Å². The van der Waals surface area contributed by atoms with Crippen LogP contribution < -0.4 is 0 Å². The molecule has 0 saturated heterocycles. The summed E-state index contributed by atoms with van der Waals surface area (Å²) in [5.41, 5.74) is 2.58. The van der Waals surface area contributed by atoms with Gasteiger partial charge in [0, 0.05) is 18.0 Å². The monoisotopic (exact) mass is 215 g/mol. The third-order valence-electron chi connectivity index (χ3n) is 2.80. The first-order chi connectivity index (χ1) is 7.34. The average molecular weight is 216 g/mol. The Balaban J connectivity index is 2.34. The standard InChI is InChI=1S/C13H10ClN/c14-15-8-7-11-6-5-10-3-1-2-4-12(10)13(11)9-15/h1-8H,9H2. The highest BCUT2D eigenvalue weighted by Crippen LogP contribution is 2.28. The molecule has 2 aromatic rings. The maximum Gasteiger partial charge on any atom is 0.0604 e. The van der Waals surface area contributed by atoms with Crippen LogP contribution in [0, 0.1) is 0 Å². The lowest BCUT2D eigenvalue weighted by atomic mass is 9.97. The molecule has 1 aliphatic rings. The summed E-state index contributed by atoms with van der Waals surface area (Å²) in [6, 6.07) is 12.7. The highest BCUT2D eigenvalue weighted by Gasteiger charge is 2.11. The minimum Gasteiger partial charge on any atom is -0.288 e. The van der Waals surface area contributed by atoms with Crippen molar-refractivity contribution in [2.24, 2.45) is 0 Å². The Morgan fingerprint density at radius 3 is 2.87 bits per heavy atom. The zero-order valence-electron chi connectivity index (χ0n) is 8.15. The summed E-state index contributed by atoms with van der Waals surface area (Å²) in [7, 11) is 0. The fourth-order valence-electron chi connectivity index (χ4n) is 2.05. The molecular formula is C13H10ClN. The smallest absolute Gasteiger partial charge is 0.0604 e. The molecule has 0 saturated carbocycles. The van der Waals surface area contributed by atoms with Gasteiger partial charge in [-0.05, 0) is 28.0 Å². The van der Waals surface area contributed by atoms with E-state index < -0.39 is 0 Å². The Labute approximate surface area is 93.7 Å². The maximum absolute atomic E-state index is 5.99. The molecule has 0 fully saturated rings. The van der Waals surface area contributed by atoms with E-state index in [4.69, 9.17) is 11.8 Å². The van der Waals surface area contributed by atoms with Crippen molar-refractivity contribution in [3.8, 4) is 0 Å². The summed E-state index contributed by atoms with van der Waals surface area (Å²) in [6.45, 7) is 0.773. The van der Waals surface area contributed by atoms with Gasteiger partial charge in [0.05, 0.1) is 6.54 Å². The van der Waals surface area contributed by atoms with Crippen molar-refractivity contribution in [2.45, 2.75) is 6.54 Å². The summed E-state index contributed by atoms with van der Waals surface area (Å²) in [6.07, 6.45) is 3.96. The summed E-state index contributed by atoms with van der Waals surface area (Å²) in [5, 5.41) is 2.57. The van der Waals surface area contributed by atoms with Crippen LogP contribution in [-0.2, 0) is 6.54 Å². The number of halogens is 1. The largest absolute Gasteiger partial charge is 0.288 e. The Morgan fingerprint density at radius 1 is 1.07 bits per heavy atom. The molecule has 0 spiro atoms. The minimum atomic E-state index is 0.773. The molecule has 15 heavy (non-hydrogen) atoms. The van der Waals surface area contributed by atoms with Crippen LogP contribution in [0.4, 0.5) is 0 Å². The first-order valence-corrected chi connectivity index (χ1v) is 5.30. The van der Waals surface area contributed by atoms with Crippen LogP contribution in [0.5, 0.6) is 0 Å². The van der Waals surface area contributed by atoms with Crippen molar-refractivity contribution >= 4 is 28.6 Å². The molecule has 0 radical (unpaired) electrons. The van der Waals surface area contributed by atoms with Gasteiger partial charge < -0.3 is 0 Å². The van der Waals surface area contributed by atoms with Gasteiger partial charge in [-0.3, -0.25) is 4.42 Å². The third kappa shape index (κ3) is 1.40. The molecule has 0 unspecified atom stereocenters. The topological polar surface area (TPSA) is 3.24 Å². The Hall–Kier alpha value is -1.47. The Bertz CT molecular complexity index is 545. The van der Waals surface area contributed by atoms with E-state index in [1.54, 1.807) is 4.42 Å². The molecule has 1 aliphatic heterocycles. The number of nitrogens with zero attached hydrogens (tertiary/aromatic N) is 1. The number of rotatable bonds is 0.